The van der Waals surface area contributed by atoms with Crippen molar-refractivity contribution in [1.82, 2.24) is 14.8 Å². The lowest BCUT2D eigenvalue weighted by Gasteiger charge is -2.06. The summed E-state index contributed by atoms with van der Waals surface area (Å²) >= 11 is 7.35. The number of nitrogens with zero attached hydrogens (tertiary/aromatic N) is 3. The maximum atomic E-state index is 13.3. The largest absolute Gasteiger partial charge is 0.444 e. The van der Waals surface area contributed by atoms with Gasteiger partial charge in [-0.15, -0.1) is 0 Å². The Labute approximate surface area is 174 Å². The molecular formula is C20H16ClFN4O2S. The molecular weight excluding hydrogens is 415 g/mol. The average Bonchev–Trinajstić information content (AvgIpc) is 3.23. The van der Waals surface area contributed by atoms with Crippen LogP contribution in [0.3, 0.4) is 0 Å². The minimum Gasteiger partial charge on any atom is -0.444 e. The fraction of sp³-hybridized carbons (Fsp3) is 0.150. The minimum absolute atomic E-state index is 0.130. The molecule has 0 saturated heterocycles. The number of halogens is 2. The third kappa shape index (κ3) is 4.08. The third-order valence-electron chi connectivity index (χ3n) is 4.35. The Morgan fingerprint density at radius 1 is 1.31 bits per heavy atom. The van der Waals surface area contributed by atoms with Crippen molar-refractivity contribution < 1.29 is 13.9 Å². The zero-order chi connectivity index (χ0) is 20.5. The van der Waals surface area contributed by atoms with Crippen molar-refractivity contribution in [3.63, 3.8) is 0 Å². The topological polar surface area (TPSA) is 69.0 Å². The molecule has 0 aliphatic carbocycles. The molecule has 9 heteroatoms. The van der Waals surface area contributed by atoms with Crippen molar-refractivity contribution in [2.75, 3.05) is 5.32 Å². The van der Waals surface area contributed by atoms with Gasteiger partial charge in [-0.3, -0.25) is 10.00 Å². The van der Waals surface area contributed by atoms with Gasteiger partial charge in [0.15, 0.2) is 0 Å². The van der Waals surface area contributed by atoms with Crippen molar-refractivity contribution in [1.29, 1.82) is 0 Å². The highest BCUT2D eigenvalue weighted by Crippen LogP contribution is 2.35. The number of hydrogen-bond acceptors (Lipinski definition) is 5. The highest BCUT2D eigenvalue weighted by Gasteiger charge is 2.15. The number of aromatic nitrogens is 3. The average molecular weight is 431 g/mol. The first kappa shape index (κ1) is 19.4. The fourth-order valence-corrected chi connectivity index (χ4v) is 4.18. The summed E-state index contributed by atoms with van der Waals surface area (Å²) in [5.41, 5.74) is 3.09. The number of fused-ring (bicyclic) bond motifs is 1. The lowest BCUT2D eigenvalue weighted by atomic mass is 10.2. The number of anilines is 1. The number of thiazole rings is 1. The van der Waals surface area contributed by atoms with E-state index in [9.17, 15) is 9.18 Å². The Balaban J connectivity index is 1.43. The van der Waals surface area contributed by atoms with Gasteiger partial charge in [-0.05, 0) is 42.8 Å². The summed E-state index contributed by atoms with van der Waals surface area (Å²) in [7, 11) is 1.87. The van der Waals surface area contributed by atoms with E-state index in [1.165, 1.54) is 23.5 Å². The summed E-state index contributed by atoms with van der Waals surface area (Å²) in [5, 5.41) is 9.28. The molecule has 1 N–H and O–H groups in total. The number of ether oxygens (including phenoxy) is 1. The van der Waals surface area contributed by atoms with Crippen LogP contribution >= 0.6 is 22.9 Å². The molecule has 2 aromatic heterocycles. The summed E-state index contributed by atoms with van der Waals surface area (Å²) in [6.07, 6.45) is 1.18. The van der Waals surface area contributed by atoms with E-state index in [0.717, 1.165) is 16.5 Å². The molecule has 2 aromatic carbocycles. The summed E-state index contributed by atoms with van der Waals surface area (Å²) in [4.78, 5) is 16.6. The summed E-state index contributed by atoms with van der Waals surface area (Å²) in [6, 6.07) is 9.87. The molecule has 0 bridgehead atoms. The quantitative estimate of drug-likeness (QED) is 0.461. The summed E-state index contributed by atoms with van der Waals surface area (Å²) in [6.45, 7) is 1.90. The van der Waals surface area contributed by atoms with Crippen LogP contribution in [-0.2, 0) is 18.4 Å². The van der Waals surface area contributed by atoms with E-state index in [4.69, 9.17) is 16.3 Å². The minimum atomic E-state index is -0.584. The first-order valence-corrected chi connectivity index (χ1v) is 9.87. The number of benzene rings is 2. The van der Waals surface area contributed by atoms with Crippen molar-refractivity contribution in [3.8, 4) is 10.6 Å². The van der Waals surface area contributed by atoms with Gasteiger partial charge in [-0.25, -0.2) is 14.2 Å². The van der Waals surface area contributed by atoms with E-state index in [1.54, 1.807) is 23.9 Å². The second-order valence-electron chi connectivity index (χ2n) is 6.42. The van der Waals surface area contributed by atoms with Crippen LogP contribution in [0, 0.1) is 12.7 Å². The van der Waals surface area contributed by atoms with Gasteiger partial charge < -0.3 is 4.74 Å². The van der Waals surface area contributed by atoms with Gasteiger partial charge >= 0.3 is 6.09 Å². The molecule has 0 spiro atoms. The number of carbonyl (C=O) groups excluding carboxylic acids is 1. The van der Waals surface area contributed by atoms with Crippen molar-refractivity contribution >= 4 is 44.9 Å². The Hall–Kier alpha value is -2.97. The molecule has 0 atom stereocenters. The number of rotatable bonds is 4. The molecule has 0 aliphatic rings. The molecule has 0 saturated carbocycles. The van der Waals surface area contributed by atoms with Crippen molar-refractivity contribution in [3.05, 3.63) is 64.7 Å². The van der Waals surface area contributed by atoms with Crippen LogP contribution in [0.4, 0.5) is 14.2 Å². The van der Waals surface area contributed by atoms with Gasteiger partial charge in [0.2, 0.25) is 0 Å². The molecule has 0 aliphatic heterocycles. The van der Waals surface area contributed by atoms with E-state index < -0.39 is 11.9 Å². The maximum absolute atomic E-state index is 13.3. The first-order chi connectivity index (χ1) is 13.9. The Morgan fingerprint density at radius 2 is 2.14 bits per heavy atom. The van der Waals surface area contributed by atoms with E-state index in [0.29, 0.717) is 21.3 Å². The fourth-order valence-electron chi connectivity index (χ4n) is 2.87. The second kappa shape index (κ2) is 7.81. The van der Waals surface area contributed by atoms with Crippen molar-refractivity contribution in [2.45, 2.75) is 13.5 Å². The van der Waals surface area contributed by atoms with Crippen LogP contribution in [-0.4, -0.2) is 20.9 Å². The maximum Gasteiger partial charge on any atom is 0.412 e. The molecule has 29 heavy (non-hydrogen) atoms. The summed E-state index contributed by atoms with van der Waals surface area (Å²) in [5.74, 6) is -0.418. The lowest BCUT2D eigenvalue weighted by Crippen LogP contribution is -2.13. The molecule has 6 nitrogen and oxygen atoms in total. The Bertz CT molecular complexity index is 1220. The van der Waals surface area contributed by atoms with E-state index in [1.807, 2.05) is 25.2 Å². The van der Waals surface area contributed by atoms with Gasteiger partial charge in [0.05, 0.1) is 22.4 Å². The molecule has 0 fully saturated rings. The number of aryl methyl sites for hydroxylation is 2. The van der Waals surface area contributed by atoms with Gasteiger partial charge in [-0.1, -0.05) is 29.0 Å². The highest BCUT2D eigenvalue weighted by atomic mass is 35.5. The molecule has 1 amide bonds. The predicted molar refractivity (Wildman–Crippen MR) is 112 cm³/mol. The van der Waals surface area contributed by atoms with E-state index >= 15 is 0 Å². The van der Waals surface area contributed by atoms with Crippen LogP contribution in [0.2, 0.25) is 5.02 Å². The zero-order valence-corrected chi connectivity index (χ0v) is 17.1. The second-order valence-corrected chi connectivity index (χ2v) is 7.83. The Morgan fingerprint density at radius 3 is 2.93 bits per heavy atom. The molecule has 0 unspecified atom stereocenters. The zero-order valence-electron chi connectivity index (χ0n) is 15.6. The van der Waals surface area contributed by atoms with Crippen molar-refractivity contribution in [2.24, 2.45) is 7.05 Å². The molecule has 4 aromatic rings. The van der Waals surface area contributed by atoms with Gasteiger partial charge in [-0.2, -0.15) is 5.10 Å². The van der Waals surface area contributed by atoms with Gasteiger partial charge in [0, 0.05) is 18.0 Å². The van der Waals surface area contributed by atoms with Crippen LogP contribution in [0.5, 0.6) is 0 Å². The van der Waals surface area contributed by atoms with Crippen LogP contribution in [0.25, 0.3) is 21.5 Å². The van der Waals surface area contributed by atoms with E-state index in [-0.39, 0.29) is 11.6 Å². The predicted octanol–water partition coefficient (Wildman–Crippen LogP) is 5.55. The first-order valence-electron chi connectivity index (χ1n) is 8.68. The third-order valence-corrected chi connectivity index (χ3v) is 5.77. The van der Waals surface area contributed by atoms with Gasteiger partial charge in [0.1, 0.15) is 22.4 Å². The van der Waals surface area contributed by atoms with Crippen LogP contribution in [0.1, 0.15) is 11.3 Å². The van der Waals surface area contributed by atoms with Crippen LogP contribution < -0.4 is 5.32 Å². The molecule has 148 valence electrons. The Kier molecular flexibility index (Phi) is 5.21. The summed E-state index contributed by atoms with van der Waals surface area (Å²) < 4.78 is 20.4. The molecule has 4 rings (SSSR count). The monoisotopic (exact) mass is 430 g/mol. The highest BCUT2D eigenvalue weighted by molar-refractivity contribution is 7.19. The standard InChI is InChI=1S/C20H16ClFN4O2S/c1-11-18(29-19(24-11)15-5-4-14(22)8-16(15)21)25-20(27)28-10-12-3-6-17-13(7-12)9-23-26(17)2/h3-9H,10H2,1-2H3,(H,25,27). The smallest absolute Gasteiger partial charge is 0.412 e. The lowest BCUT2D eigenvalue weighted by molar-refractivity contribution is 0.155. The molecule has 0 radical (unpaired) electrons. The number of nitrogens with one attached hydrogen (secondary N) is 1. The number of amides is 1. The molecule has 2 heterocycles. The normalized spacial score (nSPS) is 11.0. The SMILES string of the molecule is Cc1nc(-c2ccc(F)cc2Cl)sc1NC(=O)OCc1ccc2c(cnn2C)c1. The van der Waals surface area contributed by atoms with Gasteiger partial charge in [0.25, 0.3) is 0 Å². The van der Waals surface area contributed by atoms with Crippen LogP contribution in [0.15, 0.2) is 42.6 Å². The number of carbonyl (C=O) groups is 1. The number of hydrogen-bond donors (Lipinski definition) is 1. The van der Waals surface area contributed by atoms with E-state index in [2.05, 4.69) is 15.4 Å².